The summed E-state index contributed by atoms with van der Waals surface area (Å²) in [6.07, 6.45) is 0.433. The number of Topliss-reactive ketones (excluding diaryl/α,β-unsaturated/α-hetero) is 1. The molecule has 2 aromatic rings. The van der Waals surface area contributed by atoms with Gasteiger partial charge in [-0.2, -0.15) is 5.10 Å². The molecule has 0 aliphatic rings. The van der Waals surface area contributed by atoms with Crippen molar-refractivity contribution in [2.75, 3.05) is 12.5 Å². The van der Waals surface area contributed by atoms with Gasteiger partial charge in [-0.05, 0) is 36.4 Å². The molecule has 1 N–H and O–H groups in total. The molecule has 2 aromatic carbocycles. The SMILES string of the molecule is COc1ccc(C(=O)/C(C=O)=N\Nc2ccccc2)cc1. The minimum atomic E-state index is -0.448. The van der Waals surface area contributed by atoms with Crippen molar-refractivity contribution in [3.63, 3.8) is 0 Å². The van der Waals surface area contributed by atoms with Crippen LogP contribution in [0.3, 0.4) is 0 Å². The molecule has 0 fully saturated rings. The maximum Gasteiger partial charge on any atom is 0.216 e. The average molecular weight is 282 g/mol. The molecule has 0 atom stereocenters. The molecule has 0 bridgehead atoms. The van der Waals surface area contributed by atoms with Gasteiger partial charge in [0.05, 0.1) is 12.8 Å². The molecular weight excluding hydrogens is 268 g/mol. The van der Waals surface area contributed by atoms with Crippen LogP contribution in [0.4, 0.5) is 5.69 Å². The molecular formula is C16H14N2O3. The average Bonchev–Trinajstić information content (AvgIpc) is 2.56. The fourth-order valence-electron chi connectivity index (χ4n) is 1.66. The molecule has 0 saturated carbocycles. The van der Waals surface area contributed by atoms with Crippen LogP contribution in [0.25, 0.3) is 0 Å². The fourth-order valence-corrected chi connectivity index (χ4v) is 1.66. The molecule has 5 heteroatoms. The quantitative estimate of drug-likeness (QED) is 0.291. The molecule has 0 unspecified atom stereocenters. The highest BCUT2D eigenvalue weighted by atomic mass is 16.5. The van der Waals surface area contributed by atoms with E-state index in [-0.39, 0.29) is 5.71 Å². The largest absolute Gasteiger partial charge is 0.497 e. The minimum Gasteiger partial charge on any atom is -0.497 e. The van der Waals surface area contributed by atoms with Gasteiger partial charge in [0, 0.05) is 5.56 Å². The topological polar surface area (TPSA) is 67.8 Å². The van der Waals surface area contributed by atoms with E-state index in [1.165, 1.54) is 0 Å². The van der Waals surface area contributed by atoms with E-state index < -0.39 is 5.78 Å². The summed E-state index contributed by atoms with van der Waals surface area (Å²) in [7, 11) is 1.54. The van der Waals surface area contributed by atoms with Gasteiger partial charge >= 0.3 is 0 Å². The lowest BCUT2D eigenvalue weighted by Gasteiger charge is -2.03. The molecule has 0 radical (unpaired) electrons. The molecule has 0 aliphatic carbocycles. The second-order valence-corrected chi connectivity index (χ2v) is 4.15. The summed E-state index contributed by atoms with van der Waals surface area (Å²) in [4.78, 5) is 23.2. The van der Waals surface area contributed by atoms with Gasteiger partial charge in [-0.15, -0.1) is 0 Å². The van der Waals surface area contributed by atoms with Gasteiger partial charge in [0.25, 0.3) is 0 Å². The summed E-state index contributed by atoms with van der Waals surface area (Å²) in [5, 5.41) is 3.85. The van der Waals surface area contributed by atoms with Gasteiger partial charge in [-0.1, -0.05) is 18.2 Å². The number of methoxy groups -OCH3 is 1. The van der Waals surface area contributed by atoms with Gasteiger partial charge in [0.1, 0.15) is 5.75 Å². The monoisotopic (exact) mass is 282 g/mol. The number of nitrogens with one attached hydrogen (secondary N) is 1. The van der Waals surface area contributed by atoms with E-state index in [9.17, 15) is 9.59 Å². The maximum absolute atomic E-state index is 12.2. The first-order chi connectivity index (χ1) is 10.2. The number of ketones is 1. The molecule has 2 rings (SSSR count). The van der Waals surface area contributed by atoms with Crippen molar-refractivity contribution in [3.8, 4) is 5.75 Å². The Labute approximate surface area is 122 Å². The second kappa shape index (κ2) is 7.00. The summed E-state index contributed by atoms with van der Waals surface area (Å²) in [6.45, 7) is 0. The highest BCUT2D eigenvalue weighted by molar-refractivity contribution is 6.63. The van der Waals surface area contributed by atoms with Crippen molar-refractivity contribution < 1.29 is 14.3 Å². The number of ether oxygens (including phenoxy) is 1. The molecule has 0 amide bonds. The Morgan fingerprint density at radius 2 is 1.76 bits per heavy atom. The molecule has 0 aromatic heterocycles. The van der Waals surface area contributed by atoms with Crippen LogP contribution < -0.4 is 10.2 Å². The smallest absolute Gasteiger partial charge is 0.216 e. The van der Waals surface area contributed by atoms with Gasteiger partial charge < -0.3 is 4.74 Å². The van der Waals surface area contributed by atoms with Gasteiger partial charge in [0.2, 0.25) is 5.78 Å². The zero-order valence-electron chi connectivity index (χ0n) is 11.4. The van der Waals surface area contributed by atoms with Crippen LogP contribution in [0.15, 0.2) is 59.7 Å². The van der Waals surface area contributed by atoms with Crippen LogP contribution in [-0.2, 0) is 4.79 Å². The zero-order chi connectivity index (χ0) is 15.1. The first-order valence-electron chi connectivity index (χ1n) is 6.27. The third-order valence-corrected chi connectivity index (χ3v) is 2.78. The van der Waals surface area contributed by atoms with E-state index in [2.05, 4.69) is 10.5 Å². The van der Waals surface area contributed by atoms with E-state index in [1.807, 2.05) is 18.2 Å². The number of aldehydes is 1. The van der Waals surface area contributed by atoms with Crippen LogP contribution >= 0.6 is 0 Å². The summed E-state index contributed by atoms with van der Waals surface area (Å²) < 4.78 is 5.02. The van der Waals surface area contributed by atoms with Crippen molar-refractivity contribution in [1.82, 2.24) is 0 Å². The van der Waals surface area contributed by atoms with E-state index >= 15 is 0 Å². The lowest BCUT2D eigenvalue weighted by Crippen LogP contribution is -2.17. The second-order valence-electron chi connectivity index (χ2n) is 4.15. The number of hydrazone groups is 1. The van der Waals surface area contributed by atoms with Crippen molar-refractivity contribution in [1.29, 1.82) is 0 Å². The Morgan fingerprint density at radius 3 is 2.33 bits per heavy atom. The Kier molecular flexibility index (Phi) is 4.82. The standard InChI is InChI=1S/C16H14N2O3/c1-21-14-9-7-12(8-10-14)16(20)15(11-19)18-17-13-5-3-2-4-6-13/h2-11,17H,1H3/b18-15-. The van der Waals surface area contributed by atoms with Crippen LogP contribution in [0.1, 0.15) is 10.4 Å². The Hall–Kier alpha value is -2.95. The Balaban J connectivity index is 2.15. The summed E-state index contributed by atoms with van der Waals surface area (Å²) in [5.74, 6) is 0.189. The molecule has 0 saturated heterocycles. The lowest BCUT2D eigenvalue weighted by molar-refractivity contribution is -0.102. The number of nitrogens with zero attached hydrogens (tertiary/aromatic N) is 1. The van der Waals surface area contributed by atoms with Crippen LogP contribution in [0.5, 0.6) is 5.75 Å². The summed E-state index contributed by atoms with van der Waals surface area (Å²) in [5.41, 5.74) is 3.55. The van der Waals surface area contributed by atoms with Gasteiger partial charge in [0.15, 0.2) is 12.0 Å². The third kappa shape index (κ3) is 3.76. The fraction of sp³-hybridized carbons (Fsp3) is 0.0625. The highest BCUT2D eigenvalue weighted by Gasteiger charge is 2.13. The van der Waals surface area contributed by atoms with E-state index in [0.717, 1.165) is 0 Å². The molecule has 21 heavy (non-hydrogen) atoms. The van der Waals surface area contributed by atoms with Gasteiger partial charge in [-0.3, -0.25) is 15.0 Å². The summed E-state index contributed by atoms with van der Waals surface area (Å²) in [6, 6.07) is 15.5. The van der Waals surface area contributed by atoms with E-state index in [1.54, 1.807) is 43.5 Å². The van der Waals surface area contributed by atoms with Crippen molar-refractivity contribution in [2.45, 2.75) is 0 Å². The number of hydrogen-bond acceptors (Lipinski definition) is 5. The van der Waals surface area contributed by atoms with Gasteiger partial charge in [-0.25, -0.2) is 0 Å². The molecule has 0 heterocycles. The Morgan fingerprint density at radius 1 is 1.10 bits per heavy atom. The zero-order valence-corrected chi connectivity index (χ0v) is 11.4. The number of rotatable bonds is 6. The maximum atomic E-state index is 12.2. The number of para-hydroxylation sites is 1. The first kappa shape index (κ1) is 14.5. The lowest BCUT2D eigenvalue weighted by atomic mass is 10.1. The van der Waals surface area contributed by atoms with Crippen LogP contribution in [-0.4, -0.2) is 24.9 Å². The molecule has 5 nitrogen and oxygen atoms in total. The number of carbonyl (C=O) groups is 2. The minimum absolute atomic E-state index is 0.191. The third-order valence-electron chi connectivity index (χ3n) is 2.78. The molecule has 0 spiro atoms. The Bertz CT molecular complexity index is 649. The predicted molar refractivity (Wildman–Crippen MR) is 80.9 cm³/mol. The molecule has 0 aliphatic heterocycles. The van der Waals surface area contributed by atoms with Crippen LogP contribution in [0.2, 0.25) is 0 Å². The van der Waals surface area contributed by atoms with E-state index in [4.69, 9.17) is 4.74 Å². The van der Waals surface area contributed by atoms with Crippen molar-refractivity contribution >= 4 is 23.5 Å². The number of anilines is 1. The highest BCUT2D eigenvalue weighted by Crippen LogP contribution is 2.12. The summed E-state index contributed by atoms with van der Waals surface area (Å²) >= 11 is 0. The first-order valence-corrected chi connectivity index (χ1v) is 6.27. The predicted octanol–water partition coefficient (Wildman–Crippen LogP) is 2.54. The van der Waals surface area contributed by atoms with Crippen LogP contribution in [0, 0.1) is 0 Å². The van der Waals surface area contributed by atoms with Crippen molar-refractivity contribution in [2.24, 2.45) is 5.10 Å². The number of hydrogen-bond donors (Lipinski definition) is 1. The number of benzene rings is 2. The normalized spacial score (nSPS) is 10.8. The van der Waals surface area contributed by atoms with E-state index in [0.29, 0.717) is 23.3 Å². The molecule has 106 valence electrons. The van der Waals surface area contributed by atoms with Crippen molar-refractivity contribution in [3.05, 3.63) is 60.2 Å². The number of carbonyl (C=O) groups excluding carboxylic acids is 2.